The Kier molecular flexibility index (Phi) is 6.98. The first kappa shape index (κ1) is 22.8. The van der Waals surface area contributed by atoms with Crippen LogP contribution in [0.25, 0.3) is 11.0 Å². The Morgan fingerprint density at radius 3 is 2.61 bits per heavy atom. The van der Waals surface area contributed by atoms with E-state index in [1.807, 2.05) is 41.9 Å². The smallest absolute Gasteiger partial charge is 0.333 e. The number of imidazole rings is 1. The Morgan fingerprint density at radius 2 is 1.88 bits per heavy atom. The number of hydrogen-bond donors (Lipinski definition) is 1. The summed E-state index contributed by atoms with van der Waals surface area (Å²) >= 11 is 1.36. The van der Waals surface area contributed by atoms with E-state index in [-0.39, 0.29) is 17.6 Å². The number of methoxy groups -OCH3 is 1. The summed E-state index contributed by atoms with van der Waals surface area (Å²) in [6.07, 6.45) is 1.28. The number of rotatable bonds is 7. The number of fused-ring (bicyclic) bond motifs is 1. The first-order valence-electron chi connectivity index (χ1n) is 10.8. The Balaban J connectivity index is 1.42. The van der Waals surface area contributed by atoms with Gasteiger partial charge in [0, 0.05) is 13.6 Å². The molecule has 1 saturated heterocycles. The molecule has 1 aliphatic heterocycles. The second-order valence-corrected chi connectivity index (χ2v) is 8.79. The number of ether oxygens (including phenoxy) is 1. The minimum absolute atomic E-state index is 0.126. The largest absolute Gasteiger partial charge is 0.467 e. The van der Waals surface area contributed by atoms with Crippen LogP contribution >= 0.6 is 11.8 Å². The van der Waals surface area contributed by atoms with Gasteiger partial charge in [-0.1, -0.05) is 54.2 Å². The van der Waals surface area contributed by atoms with E-state index in [0.29, 0.717) is 18.5 Å². The molecule has 0 aliphatic carbocycles. The summed E-state index contributed by atoms with van der Waals surface area (Å²) in [4.78, 5) is 44.6. The lowest BCUT2D eigenvalue weighted by Crippen LogP contribution is -2.48. The molecule has 0 spiro atoms. The van der Waals surface area contributed by atoms with Gasteiger partial charge in [0.1, 0.15) is 6.04 Å². The third-order valence-electron chi connectivity index (χ3n) is 5.80. The quantitative estimate of drug-likeness (QED) is 0.425. The van der Waals surface area contributed by atoms with Crippen molar-refractivity contribution in [2.24, 2.45) is 7.05 Å². The fraction of sp³-hybridized carbons (Fsp3) is 0.333. The summed E-state index contributed by atoms with van der Waals surface area (Å²) in [6, 6.07) is 15.2. The lowest BCUT2D eigenvalue weighted by molar-refractivity contribution is -0.146. The number of amides is 2. The van der Waals surface area contributed by atoms with E-state index < -0.39 is 18.1 Å². The number of benzene rings is 2. The number of nitrogens with zero attached hydrogens (tertiary/aromatic N) is 3. The van der Waals surface area contributed by atoms with Crippen molar-refractivity contribution in [1.29, 1.82) is 0 Å². The first-order valence-corrected chi connectivity index (χ1v) is 11.7. The van der Waals surface area contributed by atoms with Gasteiger partial charge in [-0.25, -0.2) is 9.78 Å². The van der Waals surface area contributed by atoms with Crippen molar-refractivity contribution in [2.75, 3.05) is 19.4 Å². The van der Waals surface area contributed by atoms with Gasteiger partial charge in [0.05, 0.1) is 23.9 Å². The van der Waals surface area contributed by atoms with Gasteiger partial charge in [-0.3, -0.25) is 9.59 Å². The van der Waals surface area contributed by atoms with Crippen LogP contribution < -0.4 is 5.32 Å². The molecule has 2 aromatic carbocycles. The molecular weight excluding hydrogens is 440 g/mol. The monoisotopic (exact) mass is 466 g/mol. The van der Waals surface area contributed by atoms with Crippen molar-refractivity contribution in [3.05, 3.63) is 60.2 Å². The molecule has 1 aromatic heterocycles. The summed E-state index contributed by atoms with van der Waals surface area (Å²) in [5.74, 6) is -0.852. The molecule has 172 valence electrons. The highest BCUT2D eigenvalue weighted by Crippen LogP contribution is 2.25. The van der Waals surface area contributed by atoms with Gasteiger partial charge in [-0.2, -0.15) is 0 Å². The maximum absolute atomic E-state index is 13.1. The summed E-state index contributed by atoms with van der Waals surface area (Å²) in [7, 11) is 3.21. The van der Waals surface area contributed by atoms with Crippen LogP contribution in [0.15, 0.2) is 59.8 Å². The lowest BCUT2D eigenvalue weighted by Gasteiger charge is -2.26. The number of carbonyl (C=O) groups is 3. The van der Waals surface area contributed by atoms with Crippen LogP contribution in [-0.2, 0) is 26.2 Å². The zero-order valence-electron chi connectivity index (χ0n) is 18.6. The Labute approximate surface area is 196 Å². The molecule has 1 N–H and O–H groups in total. The normalized spacial score (nSPS) is 16.5. The Morgan fingerprint density at radius 1 is 1.15 bits per heavy atom. The molecule has 9 heteroatoms. The van der Waals surface area contributed by atoms with Crippen LogP contribution in [0.5, 0.6) is 0 Å². The number of aryl methyl sites for hydroxylation is 1. The predicted molar refractivity (Wildman–Crippen MR) is 126 cm³/mol. The third-order valence-corrected chi connectivity index (χ3v) is 6.82. The number of likely N-dealkylation sites (tertiary alicyclic amines) is 1. The lowest BCUT2D eigenvalue weighted by atomic mass is 10.1. The number of nitrogens with one attached hydrogen (secondary N) is 1. The van der Waals surface area contributed by atoms with Crippen LogP contribution in [0.4, 0.5) is 0 Å². The summed E-state index contributed by atoms with van der Waals surface area (Å²) in [5.41, 5.74) is 2.51. The second-order valence-electron chi connectivity index (χ2n) is 7.85. The van der Waals surface area contributed by atoms with Crippen molar-refractivity contribution in [3.8, 4) is 0 Å². The zero-order chi connectivity index (χ0) is 23.4. The molecule has 1 aliphatic rings. The van der Waals surface area contributed by atoms with Crippen LogP contribution in [0.1, 0.15) is 24.4 Å². The summed E-state index contributed by atoms with van der Waals surface area (Å²) < 4.78 is 6.84. The molecule has 1 fully saturated rings. The molecule has 2 amide bonds. The van der Waals surface area contributed by atoms with Crippen molar-refractivity contribution < 1.29 is 19.1 Å². The topological polar surface area (TPSA) is 93.5 Å². The van der Waals surface area contributed by atoms with Crippen LogP contribution in [0.2, 0.25) is 0 Å². The highest BCUT2D eigenvalue weighted by Gasteiger charge is 2.36. The maximum atomic E-state index is 13.1. The van der Waals surface area contributed by atoms with E-state index in [1.165, 1.54) is 18.9 Å². The fourth-order valence-corrected chi connectivity index (χ4v) is 4.95. The number of hydrogen-bond acceptors (Lipinski definition) is 6. The van der Waals surface area contributed by atoms with Crippen molar-refractivity contribution in [2.45, 2.75) is 30.1 Å². The van der Waals surface area contributed by atoms with Gasteiger partial charge in [0.25, 0.3) is 0 Å². The number of aromatic nitrogens is 2. The molecule has 3 aromatic rings. The van der Waals surface area contributed by atoms with E-state index in [9.17, 15) is 14.4 Å². The van der Waals surface area contributed by atoms with Crippen molar-refractivity contribution in [3.63, 3.8) is 0 Å². The van der Waals surface area contributed by atoms with Crippen LogP contribution in [-0.4, -0.2) is 57.7 Å². The number of carbonyl (C=O) groups excluding carboxylic acids is 3. The Hall–Kier alpha value is -3.33. The van der Waals surface area contributed by atoms with E-state index in [1.54, 1.807) is 29.2 Å². The minimum atomic E-state index is -0.921. The van der Waals surface area contributed by atoms with Crippen LogP contribution in [0, 0.1) is 0 Å². The van der Waals surface area contributed by atoms with Crippen molar-refractivity contribution in [1.82, 2.24) is 19.8 Å². The average Bonchev–Trinajstić information content (AvgIpc) is 3.46. The highest BCUT2D eigenvalue weighted by atomic mass is 32.2. The van der Waals surface area contributed by atoms with E-state index in [2.05, 4.69) is 10.3 Å². The fourth-order valence-electron chi connectivity index (χ4n) is 4.08. The van der Waals surface area contributed by atoms with E-state index in [0.717, 1.165) is 22.6 Å². The van der Waals surface area contributed by atoms with Crippen LogP contribution in [0.3, 0.4) is 0 Å². The second kappa shape index (κ2) is 10.1. The van der Waals surface area contributed by atoms with E-state index >= 15 is 0 Å². The molecule has 8 nitrogen and oxygen atoms in total. The molecule has 0 radical (unpaired) electrons. The van der Waals surface area contributed by atoms with Gasteiger partial charge in [-0.05, 0) is 30.5 Å². The first-order chi connectivity index (χ1) is 16.0. The highest BCUT2D eigenvalue weighted by molar-refractivity contribution is 7.99. The van der Waals surface area contributed by atoms with Gasteiger partial charge in [0.15, 0.2) is 11.2 Å². The molecule has 0 saturated carbocycles. The van der Waals surface area contributed by atoms with Crippen molar-refractivity contribution >= 4 is 40.6 Å². The number of para-hydroxylation sites is 2. The molecule has 0 bridgehead atoms. The summed E-state index contributed by atoms with van der Waals surface area (Å²) in [5, 5.41) is 3.53. The Bertz CT molecular complexity index is 1160. The van der Waals surface area contributed by atoms with Gasteiger partial charge >= 0.3 is 5.97 Å². The number of esters is 1. The number of thioether (sulfide) groups is 1. The average molecular weight is 467 g/mol. The maximum Gasteiger partial charge on any atom is 0.333 e. The van der Waals surface area contributed by atoms with Gasteiger partial charge < -0.3 is 19.5 Å². The molecule has 4 rings (SSSR count). The zero-order valence-corrected chi connectivity index (χ0v) is 19.4. The molecule has 2 heterocycles. The third kappa shape index (κ3) is 4.88. The van der Waals surface area contributed by atoms with Gasteiger partial charge in [-0.15, -0.1) is 0 Å². The molecule has 33 heavy (non-hydrogen) atoms. The standard InChI is InChI=1S/C24H26N4O4S/c1-27-18-12-7-6-11-17(18)25-24(27)33-15-20(29)28-14-8-13-19(28)22(30)26-21(23(31)32-2)16-9-4-3-5-10-16/h3-7,9-12,19,21H,8,13-15H2,1-2H3,(H,26,30)/t19-,21?/m0/s1. The predicted octanol–water partition coefficient (Wildman–Crippen LogP) is 2.69. The molecular formula is C24H26N4O4S. The summed E-state index contributed by atoms with van der Waals surface area (Å²) in [6.45, 7) is 0.508. The SMILES string of the molecule is COC(=O)C(NC(=O)[C@@H]1CCCN1C(=O)CSc1nc2ccccc2n1C)c1ccccc1. The molecule has 2 atom stereocenters. The molecule has 1 unspecified atom stereocenters. The minimum Gasteiger partial charge on any atom is -0.467 e. The van der Waals surface area contributed by atoms with Gasteiger partial charge in [0.2, 0.25) is 11.8 Å². The van der Waals surface area contributed by atoms with E-state index in [4.69, 9.17) is 4.74 Å².